The number of sulfonamides is 1. The number of benzene rings is 2. The molecule has 0 radical (unpaired) electrons. The Hall–Kier alpha value is -2.86. The maximum absolute atomic E-state index is 12.2. The van der Waals surface area contributed by atoms with Gasteiger partial charge in [-0.2, -0.15) is 0 Å². The maximum atomic E-state index is 12.2. The number of pyridine rings is 1. The molecule has 1 aromatic heterocycles. The van der Waals surface area contributed by atoms with Gasteiger partial charge in [-0.15, -0.1) is 0 Å². The van der Waals surface area contributed by atoms with Gasteiger partial charge in [-0.05, 0) is 36.2 Å². The van der Waals surface area contributed by atoms with Crippen LogP contribution in [-0.2, 0) is 16.4 Å². The minimum atomic E-state index is -3.61. The van der Waals surface area contributed by atoms with Gasteiger partial charge >= 0.3 is 0 Å². The second-order valence-electron chi connectivity index (χ2n) is 5.51. The lowest BCUT2D eigenvalue weighted by atomic mass is 10.1. The Morgan fingerprint density at radius 3 is 2.16 bits per heavy atom. The summed E-state index contributed by atoms with van der Waals surface area (Å²) in [6.07, 6.45) is 2.52. The summed E-state index contributed by atoms with van der Waals surface area (Å²) in [5, 5.41) is 3.28. The zero-order valence-electron chi connectivity index (χ0n) is 13.6. The molecule has 0 fully saturated rings. The molecule has 0 atom stereocenters. The summed E-state index contributed by atoms with van der Waals surface area (Å²) in [6, 6.07) is 21.9. The highest BCUT2D eigenvalue weighted by atomic mass is 32.2. The third-order valence-corrected chi connectivity index (χ3v) is 5.01. The van der Waals surface area contributed by atoms with Crippen LogP contribution in [0.25, 0.3) is 0 Å². The van der Waals surface area contributed by atoms with Crippen molar-refractivity contribution in [1.29, 1.82) is 0 Å². The van der Waals surface area contributed by atoms with Gasteiger partial charge in [-0.1, -0.05) is 48.5 Å². The highest BCUT2D eigenvalue weighted by Gasteiger charge is 2.13. The van der Waals surface area contributed by atoms with Crippen LogP contribution in [0.15, 0.2) is 83.9 Å². The topological polar surface area (TPSA) is 71.1 Å². The van der Waals surface area contributed by atoms with Crippen LogP contribution in [0.1, 0.15) is 5.56 Å². The molecule has 2 N–H and O–H groups in total. The van der Waals surface area contributed by atoms with E-state index in [1.54, 1.807) is 48.7 Å². The van der Waals surface area contributed by atoms with Crippen molar-refractivity contribution >= 4 is 21.5 Å². The van der Waals surface area contributed by atoms with Gasteiger partial charge in [0.1, 0.15) is 5.82 Å². The Morgan fingerprint density at radius 1 is 0.840 bits per heavy atom. The van der Waals surface area contributed by atoms with Crippen molar-refractivity contribution in [3.8, 4) is 0 Å². The monoisotopic (exact) mass is 353 g/mol. The molecule has 0 aliphatic carbocycles. The molecule has 0 amide bonds. The molecule has 3 aromatic rings. The number of nitrogens with one attached hydrogen (secondary N) is 2. The summed E-state index contributed by atoms with van der Waals surface area (Å²) in [6.45, 7) is 0.779. The maximum Gasteiger partial charge on any atom is 0.263 e. The van der Waals surface area contributed by atoms with Crippen LogP contribution in [0.5, 0.6) is 0 Å². The first-order chi connectivity index (χ1) is 12.1. The van der Waals surface area contributed by atoms with E-state index in [4.69, 9.17) is 0 Å². The zero-order valence-corrected chi connectivity index (χ0v) is 14.4. The van der Waals surface area contributed by atoms with Crippen LogP contribution in [0.4, 0.5) is 11.5 Å². The van der Waals surface area contributed by atoms with Crippen molar-refractivity contribution < 1.29 is 8.42 Å². The van der Waals surface area contributed by atoms with Crippen LogP contribution >= 0.6 is 0 Å². The Morgan fingerprint density at radius 2 is 1.52 bits per heavy atom. The number of hydrogen-bond donors (Lipinski definition) is 2. The fraction of sp³-hybridized carbons (Fsp3) is 0.105. The number of aromatic nitrogens is 1. The minimum absolute atomic E-state index is 0.210. The SMILES string of the molecule is O=S(=O)(Nc1ccc(NCCc2ccccc2)cn1)c1ccccc1. The first-order valence-electron chi connectivity index (χ1n) is 7.95. The molecule has 0 unspecified atom stereocenters. The quantitative estimate of drug-likeness (QED) is 0.681. The smallest absolute Gasteiger partial charge is 0.263 e. The third-order valence-electron chi connectivity index (χ3n) is 3.64. The van der Waals surface area contributed by atoms with Gasteiger partial charge in [0.15, 0.2) is 0 Å². The fourth-order valence-corrected chi connectivity index (χ4v) is 3.38. The van der Waals surface area contributed by atoms with Crippen molar-refractivity contribution in [2.24, 2.45) is 0 Å². The largest absolute Gasteiger partial charge is 0.383 e. The van der Waals surface area contributed by atoms with Crippen LogP contribution in [-0.4, -0.2) is 19.9 Å². The molecule has 3 rings (SSSR count). The number of rotatable bonds is 7. The molecule has 2 aromatic carbocycles. The molecule has 0 saturated heterocycles. The molecule has 0 spiro atoms. The summed E-state index contributed by atoms with van der Waals surface area (Å²) >= 11 is 0. The van der Waals surface area contributed by atoms with E-state index in [0.29, 0.717) is 0 Å². The number of nitrogens with zero attached hydrogens (tertiary/aromatic N) is 1. The number of hydrogen-bond acceptors (Lipinski definition) is 4. The Balaban J connectivity index is 1.57. The van der Waals surface area contributed by atoms with Crippen LogP contribution in [0.3, 0.4) is 0 Å². The van der Waals surface area contributed by atoms with Crippen LogP contribution in [0.2, 0.25) is 0 Å². The van der Waals surface area contributed by atoms with Gasteiger partial charge in [0.05, 0.1) is 16.8 Å². The molecule has 25 heavy (non-hydrogen) atoms. The van der Waals surface area contributed by atoms with Crippen molar-refractivity contribution in [2.75, 3.05) is 16.6 Å². The first-order valence-corrected chi connectivity index (χ1v) is 9.43. The second kappa shape index (κ2) is 7.81. The van der Waals surface area contributed by atoms with Crippen molar-refractivity contribution in [3.63, 3.8) is 0 Å². The van der Waals surface area contributed by atoms with Gasteiger partial charge in [-0.25, -0.2) is 13.4 Å². The summed E-state index contributed by atoms with van der Waals surface area (Å²) in [4.78, 5) is 4.37. The zero-order chi connectivity index (χ0) is 17.5. The van der Waals surface area contributed by atoms with Crippen molar-refractivity contribution in [3.05, 3.63) is 84.6 Å². The van der Waals surface area contributed by atoms with Gasteiger partial charge in [-0.3, -0.25) is 4.72 Å². The first kappa shape index (κ1) is 17.0. The lowest BCUT2D eigenvalue weighted by Crippen LogP contribution is -2.14. The standard InChI is InChI=1S/C19H19N3O2S/c23-25(24,18-9-5-2-6-10-18)22-19-12-11-17(15-21-19)20-14-13-16-7-3-1-4-8-16/h1-12,15,20H,13-14H2,(H,21,22). The number of anilines is 2. The summed E-state index contributed by atoms with van der Waals surface area (Å²) in [5.41, 5.74) is 2.11. The van der Waals surface area contributed by atoms with Gasteiger partial charge in [0, 0.05) is 6.54 Å². The summed E-state index contributed by atoms with van der Waals surface area (Å²) in [7, 11) is -3.61. The molecule has 0 saturated carbocycles. The van der Waals surface area contributed by atoms with E-state index in [2.05, 4.69) is 27.2 Å². The highest BCUT2D eigenvalue weighted by Crippen LogP contribution is 2.15. The molecule has 0 aliphatic heterocycles. The van der Waals surface area contributed by atoms with E-state index in [-0.39, 0.29) is 10.7 Å². The van der Waals surface area contributed by atoms with E-state index in [1.807, 2.05) is 18.2 Å². The summed E-state index contributed by atoms with van der Waals surface area (Å²) < 4.78 is 27.0. The molecule has 0 bridgehead atoms. The van der Waals surface area contributed by atoms with E-state index in [9.17, 15) is 8.42 Å². The molecular formula is C19H19N3O2S. The van der Waals surface area contributed by atoms with E-state index in [1.165, 1.54) is 5.56 Å². The lowest BCUT2D eigenvalue weighted by molar-refractivity contribution is 0.601. The lowest BCUT2D eigenvalue weighted by Gasteiger charge is -2.09. The molecule has 6 heteroatoms. The Kier molecular flexibility index (Phi) is 5.30. The van der Waals surface area contributed by atoms with Crippen LogP contribution in [0, 0.1) is 0 Å². The second-order valence-corrected chi connectivity index (χ2v) is 7.20. The Labute approximate surface area is 147 Å². The average molecular weight is 353 g/mol. The summed E-state index contributed by atoms with van der Waals surface area (Å²) in [5.74, 6) is 0.289. The molecule has 5 nitrogen and oxygen atoms in total. The van der Waals surface area contributed by atoms with Crippen LogP contribution < -0.4 is 10.0 Å². The van der Waals surface area contributed by atoms with E-state index in [0.717, 1.165) is 18.7 Å². The van der Waals surface area contributed by atoms with E-state index >= 15 is 0 Å². The average Bonchev–Trinajstić information content (AvgIpc) is 2.65. The fourth-order valence-electron chi connectivity index (χ4n) is 2.35. The molecule has 0 aliphatic rings. The predicted molar refractivity (Wildman–Crippen MR) is 100 cm³/mol. The molecule has 128 valence electrons. The highest BCUT2D eigenvalue weighted by molar-refractivity contribution is 7.92. The van der Waals surface area contributed by atoms with Crippen molar-refractivity contribution in [1.82, 2.24) is 4.98 Å². The minimum Gasteiger partial charge on any atom is -0.383 e. The molecule has 1 heterocycles. The van der Waals surface area contributed by atoms with Gasteiger partial charge < -0.3 is 5.32 Å². The Bertz CT molecular complexity index is 896. The van der Waals surface area contributed by atoms with Crippen molar-refractivity contribution in [2.45, 2.75) is 11.3 Å². The van der Waals surface area contributed by atoms with E-state index < -0.39 is 10.0 Å². The van der Waals surface area contributed by atoms with Gasteiger partial charge in [0.2, 0.25) is 0 Å². The third kappa shape index (κ3) is 4.81. The predicted octanol–water partition coefficient (Wildman–Crippen LogP) is 3.54. The normalized spacial score (nSPS) is 11.0. The van der Waals surface area contributed by atoms with Gasteiger partial charge in [0.25, 0.3) is 10.0 Å². The molecular weight excluding hydrogens is 334 g/mol.